The van der Waals surface area contributed by atoms with Crippen LogP contribution in [0.5, 0.6) is 0 Å². The van der Waals surface area contributed by atoms with Crippen LogP contribution in [-0.2, 0) is 22.4 Å². The smallest absolute Gasteiger partial charge is 0.341 e. The number of esters is 1. The van der Waals surface area contributed by atoms with Crippen LogP contribution in [0.1, 0.15) is 64.3 Å². The number of rotatable bonds is 7. The van der Waals surface area contributed by atoms with Crippen LogP contribution >= 0.6 is 11.3 Å². The molecule has 0 bridgehead atoms. The second-order valence-electron chi connectivity index (χ2n) is 8.90. The van der Waals surface area contributed by atoms with Crippen molar-refractivity contribution in [2.75, 3.05) is 49.5 Å². The van der Waals surface area contributed by atoms with Gasteiger partial charge in [0.05, 0.1) is 18.7 Å². The van der Waals surface area contributed by atoms with Crippen molar-refractivity contribution >= 4 is 39.7 Å². The predicted molar refractivity (Wildman–Crippen MR) is 135 cm³/mol. The fourth-order valence-corrected chi connectivity index (χ4v) is 5.98. The molecule has 0 unspecified atom stereocenters. The molecule has 34 heavy (non-hydrogen) atoms. The van der Waals surface area contributed by atoms with Crippen molar-refractivity contribution in [1.82, 2.24) is 4.90 Å². The summed E-state index contributed by atoms with van der Waals surface area (Å²) in [6.45, 7) is 7.16. The molecule has 2 heterocycles. The first-order chi connectivity index (χ1) is 16.5. The van der Waals surface area contributed by atoms with Gasteiger partial charge in [0, 0.05) is 42.3 Å². The molecule has 2 aliphatic rings. The highest BCUT2D eigenvalue weighted by Gasteiger charge is 2.27. The lowest BCUT2D eigenvalue weighted by atomic mass is 10.1. The summed E-state index contributed by atoms with van der Waals surface area (Å²) in [7, 11) is 0. The fraction of sp³-hybridized carbons (Fsp3) is 0.500. The highest BCUT2D eigenvalue weighted by Crippen LogP contribution is 2.38. The van der Waals surface area contributed by atoms with E-state index in [-0.39, 0.29) is 17.7 Å². The minimum atomic E-state index is -0.332. The maximum Gasteiger partial charge on any atom is 0.341 e. The van der Waals surface area contributed by atoms with Crippen molar-refractivity contribution in [2.24, 2.45) is 0 Å². The van der Waals surface area contributed by atoms with E-state index in [0.29, 0.717) is 29.3 Å². The summed E-state index contributed by atoms with van der Waals surface area (Å²) in [5.41, 5.74) is 3.44. The summed E-state index contributed by atoms with van der Waals surface area (Å²) in [6, 6.07) is 7.69. The van der Waals surface area contributed by atoms with Gasteiger partial charge in [0.2, 0.25) is 5.91 Å². The normalized spacial score (nSPS) is 16.5. The van der Waals surface area contributed by atoms with Gasteiger partial charge in [0.1, 0.15) is 5.00 Å². The standard InChI is InChI=1S/C26H33N3O4S/c1-3-33-26(32)24-21-7-5-4-6-8-22(21)34-25(24)27-23(31)17-28-13-15-29(16-14-28)20-11-9-19(10-12-20)18(2)30/h9-12H,3-8,13-17H2,1-2H3,(H,27,31). The molecule has 1 amide bonds. The number of piperazine rings is 1. The Kier molecular flexibility index (Phi) is 8.00. The van der Waals surface area contributed by atoms with Crippen molar-refractivity contribution in [2.45, 2.75) is 46.0 Å². The number of nitrogens with one attached hydrogen (secondary N) is 1. The monoisotopic (exact) mass is 483 g/mol. The Labute approximate surface area is 205 Å². The first-order valence-electron chi connectivity index (χ1n) is 12.2. The third-order valence-electron chi connectivity index (χ3n) is 6.53. The van der Waals surface area contributed by atoms with Gasteiger partial charge >= 0.3 is 5.97 Å². The van der Waals surface area contributed by atoms with E-state index >= 15 is 0 Å². The molecule has 4 rings (SSSR count). The van der Waals surface area contributed by atoms with Gasteiger partial charge in [0.25, 0.3) is 0 Å². The summed E-state index contributed by atoms with van der Waals surface area (Å²) in [6.07, 6.45) is 5.16. The molecule has 182 valence electrons. The van der Waals surface area contributed by atoms with Crippen molar-refractivity contribution in [1.29, 1.82) is 0 Å². The van der Waals surface area contributed by atoms with Gasteiger partial charge in [-0.2, -0.15) is 0 Å². The first-order valence-corrected chi connectivity index (χ1v) is 13.0. The Bertz CT molecular complexity index is 1040. The van der Waals surface area contributed by atoms with E-state index in [0.717, 1.165) is 69.5 Å². The third kappa shape index (κ3) is 5.67. The number of amides is 1. The molecular weight excluding hydrogens is 450 g/mol. The van der Waals surface area contributed by atoms with Crippen LogP contribution in [0.25, 0.3) is 0 Å². The molecule has 0 atom stereocenters. The van der Waals surface area contributed by atoms with Crippen LogP contribution in [0.15, 0.2) is 24.3 Å². The lowest BCUT2D eigenvalue weighted by Gasteiger charge is -2.35. The lowest BCUT2D eigenvalue weighted by Crippen LogP contribution is -2.48. The minimum absolute atomic E-state index is 0.0654. The molecule has 2 aromatic rings. The number of ether oxygens (including phenoxy) is 1. The number of anilines is 2. The SMILES string of the molecule is CCOC(=O)c1c(NC(=O)CN2CCN(c3ccc(C(C)=O)cc3)CC2)sc2c1CCCCC2. The Morgan fingerprint density at radius 2 is 1.71 bits per heavy atom. The number of carbonyl (C=O) groups is 3. The number of Topliss-reactive ketones (excluding diaryl/α,β-unsaturated/α-hetero) is 1. The molecule has 7 nitrogen and oxygen atoms in total. The van der Waals surface area contributed by atoms with Crippen LogP contribution in [0.3, 0.4) is 0 Å². The van der Waals surface area contributed by atoms with Crippen molar-refractivity contribution in [3.63, 3.8) is 0 Å². The third-order valence-corrected chi connectivity index (χ3v) is 7.74. The van der Waals surface area contributed by atoms with Gasteiger partial charge in [-0.15, -0.1) is 11.3 Å². The van der Waals surface area contributed by atoms with Crippen molar-refractivity contribution < 1.29 is 19.1 Å². The topological polar surface area (TPSA) is 79.0 Å². The number of hydrogen-bond acceptors (Lipinski definition) is 7. The van der Waals surface area contributed by atoms with Crippen LogP contribution in [0, 0.1) is 0 Å². The van der Waals surface area contributed by atoms with Gasteiger partial charge in [0.15, 0.2) is 5.78 Å². The Morgan fingerprint density at radius 1 is 1.00 bits per heavy atom. The first kappa shape index (κ1) is 24.4. The highest BCUT2D eigenvalue weighted by atomic mass is 32.1. The maximum atomic E-state index is 12.9. The fourth-order valence-electron chi connectivity index (χ4n) is 4.69. The van der Waals surface area contributed by atoms with Gasteiger partial charge in [-0.1, -0.05) is 6.42 Å². The van der Waals surface area contributed by atoms with E-state index in [1.807, 2.05) is 24.3 Å². The number of aryl methyl sites for hydroxylation is 1. The molecule has 8 heteroatoms. The molecule has 0 spiro atoms. The number of ketones is 1. The van der Waals surface area contributed by atoms with Crippen LogP contribution in [0.4, 0.5) is 10.7 Å². The number of fused-ring (bicyclic) bond motifs is 1. The molecule has 1 N–H and O–H groups in total. The summed E-state index contributed by atoms with van der Waals surface area (Å²) in [4.78, 5) is 42.7. The van der Waals surface area contributed by atoms with Gasteiger partial charge in [-0.05, 0) is 69.4 Å². The number of benzene rings is 1. The second-order valence-corrected chi connectivity index (χ2v) is 10.0. The van der Waals surface area contributed by atoms with Gasteiger partial charge in [-0.25, -0.2) is 4.79 Å². The number of nitrogens with zero attached hydrogens (tertiary/aromatic N) is 2. The Morgan fingerprint density at radius 3 is 2.38 bits per heavy atom. The van der Waals surface area contributed by atoms with E-state index in [9.17, 15) is 14.4 Å². The lowest BCUT2D eigenvalue weighted by molar-refractivity contribution is -0.117. The largest absolute Gasteiger partial charge is 0.462 e. The average Bonchev–Trinajstić information content (AvgIpc) is 2.99. The van der Waals surface area contributed by atoms with Crippen molar-refractivity contribution in [3.8, 4) is 0 Å². The van der Waals surface area contributed by atoms with Gasteiger partial charge in [-0.3, -0.25) is 14.5 Å². The van der Waals surface area contributed by atoms with Crippen LogP contribution < -0.4 is 10.2 Å². The average molecular weight is 484 g/mol. The minimum Gasteiger partial charge on any atom is -0.462 e. The molecule has 1 aromatic heterocycles. The van der Waals surface area contributed by atoms with E-state index in [4.69, 9.17) is 4.74 Å². The molecular formula is C26H33N3O4S. The molecule has 1 aliphatic heterocycles. The predicted octanol–water partition coefficient (Wildman–Crippen LogP) is 4.16. The number of thiophene rings is 1. The Hall–Kier alpha value is -2.71. The molecule has 1 fully saturated rings. The zero-order valence-corrected chi connectivity index (χ0v) is 20.8. The summed E-state index contributed by atoms with van der Waals surface area (Å²) in [5, 5.41) is 3.66. The van der Waals surface area contributed by atoms with E-state index in [1.165, 1.54) is 16.2 Å². The van der Waals surface area contributed by atoms with Gasteiger partial charge < -0.3 is 15.0 Å². The summed E-state index contributed by atoms with van der Waals surface area (Å²) in [5.74, 6) is -0.363. The van der Waals surface area contributed by atoms with E-state index < -0.39 is 0 Å². The highest BCUT2D eigenvalue weighted by molar-refractivity contribution is 7.17. The van der Waals surface area contributed by atoms with Crippen molar-refractivity contribution in [3.05, 3.63) is 45.8 Å². The maximum absolute atomic E-state index is 12.9. The molecule has 0 radical (unpaired) electrons. The Balaban J connectivity index is 1.36. The molecule has 1 aliphatic carbocycles. The van der Waals surface area contributed by atoms with Crippen LogP contribution in [-0.4, -0.2) is 61.9 Å². The van der Waals surface area contributed by atoms with E-state index in [1.54, 1.807) is 13.8 Å². The zero-order chi connectivity index (χ0) is 24.1. The van der Waals surface area contributed by atoms with Crippen LogP contribution in [0.2, 0.25) is 0 Å². The van der Waals surface area contributed by atoms with E-state index in [2.05, 4.69) is 15.1 Å². The second kappa shape index (κ2) is 11.1. The number of hydrogen-bond donors (Lipinski definition) is 1. The summed E-state index contributed by atoms with van der Waals surface area (Å²) >= 11 is 1.54. The quantitative estimate of drug-likeness (QED) is 0.362. The zero-order valence-electron chi connectivity index (χ0n) is 20.0. The summed E-state index contributed by atoms with van der Waals surface area (Å²) < 4.78 is 5.32. The number of carbonyl (C=O) groups excluding carboxylic acids is 3. The molecule has 0 saturated carbocycles. The molecule has 1 aromatic carbocycles. The molecule has 1 saturated heterocycles.